The molecule has 0 aromatic carbocycles. The fourth-order valence-electron chi connectivity index (χ4n) is 1.47. The van der Waals surface area contributed by atoms with Crippen LogP contribution in [-0.4, -0.2) is 9.55 Å². The lowest BCUT2D eigenvalue weighted by molar-refractivity contribution is 0.475. The molecule has 1 atom stereocenters. The fourth-order valence-corrected chi connectivity index (χ4v) is 1.47. The van der Waals surface area contributed by atoms with E-state index in [-0.39, 0.29) is 17.3 Å². The molecule has 4 heteroatoms. The first kappa shape index (κ1) is 10.8. The predicted molar refractivity (Wildman–Crippen MR) is 55.7 cm³/mol. The lowest BCUT2D eigenvalue weighted by Crippen LogP contribution is -2.32. The van der Waals surface area contributed by atoms with E-state index in [0.717, 1.165) is 12.8 Å². The van der Waals surface area contributed by atoms with Crippen LogP contribution in [0.3, 0.4) is 0 Å². The molecule has 0 amide bonds. The molecule has 0 saturated carbocycles. The van der Waals surface area contributed by atoms with Gasteiger partial charge in [-0.1, -0.05) is 13.3 Å². The zero-order valence-corrected chi connectivity index (χ0v) is 8.83. The Morgan fingerprint density at radius 2 is 2.14 bits per heavy atom. The molecule has 0 aliphatic heterocycles. The smallest absolute Gasteiger partial charge is 0.298 e. The Morgan fingerprint density at radius 3 is 2.71 bits per heavy atom. The van der Waals surface area contributed by atoms with E-state index >= 15 is 0 Å². The number of hydrogen-bond acceptors (Lipinski definition) is 2. The van der Waals surface area contributed by atoms with Gasteiger partial charge in [-0.15, -0.1) is 0 Å². The van der Waals surface area contributed by atoms with E-state index in [0.29, 0.717) is 5.56 Å². The van der Waals surface area contributed by atoms with Crippen LogP contribution in [0.15, 0.2) is 15.8 Å². The first-order chi connectivity index (χ1) is 6.56. The Balaban J connectivity index is 3.16. The molecule has 1 unspecified atom stereocenters. The van der Waals surface area contributed by atoms with Gasteiger partial charge >= 0.3 is 5.69 Å². The van der Waals surface area contributed by atoms with Crippen LogP contribution in [0.1, 0.15) is 38.3 Å². The van der Waals surface area contributed by atoms with Crippen LogP contribution in [0.4, 0.5) is 0 Å². The Morgan fingerprint density at radius 1 is 1.50 bits per heavy atom. The predicted octanol–water partition coefficient (Wildman–Crippen LogP) is 1.21. The molecule has 0 fully saturated rings. The summed E-state index contributed by atoms with van der Waals surface area (Å²) in [7, 11) is 0. The molecule has 78 valence electrons. The Kier molecular flexibility index (Phi) is 3.28. The van der Waals surface area contributed by atoms with Gasteiger partial charge in [-0.25, -0.2) is 4.79 Å². The maximum absolute atomic E-state index is 11.4. The second kappa shape index (κ2) is 4.26. The third kappa shape index (κ3) is 2.13. The normalized spacial score (nSPS) is 12.8. The maximum Gasteiger partial charge on any atom is 0.328 e. The molecule has 0 bridgehead atoms. The van der Waals surface area contributed by atoms with Gasteiger partial charge in [0, 0.05) is 17.8 Å². The van der Waals surface area contributed by atoms with Gasteiger partial charge in [-0.2, -0.15) is 0 Å². The van der Waals surface area contributed by atoms with Gasteiger partial charge in [0.15, 0.2) is 0 Å². The summed E-state index contributed by atoms with van der Waals surface area (Å²) >= 11 is 0. The summed E-state index contributed by atoms with van der Waals surface area (Å²) in [5.41, 5.74) is -0.0379. The third-order valence-corrected chi connectivity index (χ3v) is 2.33. The zero-order valence-electron chi connectivity index (χ0n) is 8.83. The number of rotatable bonds is 3. The van der Waals surface area contributed by atoms with Crippen LogP contribution < -0.4 is 11.2 Å². The molecule has 1 rings (SSSR count). The second-order valence-corrected chi connectivity index (χ2v) is 3.62. The lowest BCUT2D eigenvalue weighted by Gasteiger charge is -2.13. The van der Waals surface area contributed by atoms with E-state index in [1.54, 1.807) is 17.7 Å². The maximum atomic E-state index is 11.4. The van der Waals surface area contributed by atoms with Crippen molar-refractivity contribution in [2.75, 3.05) is 0 Å². The second-order valence-electron chi connectivity index (χ2n) is 3.62. The molecule has 0 aliphatic carbocycles. The van der Waals surface area contributed by atoms with Crippen molar-refractivity contribution in [3.05, 3.63) is 32.6 Å². The highest BCUT2D eigenvalue weighted by molar-refractivity contribution is 5.01. The lowest BCUT2D eigenvalue weighted by atomic mass is 10.2. The molecule has 0 radical (unpaired) electrons. The average Bonchev–Trinajstić information content (AvgIpc) is 2.11. The number of aryl methyl sites for hydroxylation is 1. The Bertz CT molecular complexity index is 417. The zero-order chi connectivity index (χ0) is 10.7. The van der Waals surface area contributed by atoms with Crippen LogP contribution in [0.5, 0.6) is 0 Å². The molecule has 0 spiro atoms. The average molecular weight is 196 g/mol. The largest absolute Gasteiger partial charge is 0.328 e. The Labute approximate surface area is 82.6 Å². The minimum atomic E-state index is -0.318. The summed E-state index contributed by atoms with van der Waals surface area (Å²) in [6, 6.07) is 0.142. The summed E-state index contributed by atoms with van der Waals surface area (Å²) < 4.78 is 1.58. The molecule has 0 saturated heterocycles. The number of hydrogen-bond donors (Lipinski definition) is 1. The van der Waals surface area contributed by atoms with Crippen LogP contribution in [0.25, 0.3) is 0 Å². The summed E-state index contributed by atoms with van der Waals surface area (Å²) in [4.78, 5) is 24.8. The van der Waals surface area contributed by atoms with Crippen molar-refractivity contribution in [3.63, 3.8) is 0 Å². The van der Waals surface area contributed by atoms with E-state index in [4.69, 9.17) is 0 Å². The van der Waals surface area contributed by atoms with E-state index < -0.39 is 0 Å². The first-order valence-corrected chi connectivity index (χ1v) is 4.88. The number of nitrogens with one attached hydrogen (secondary N) is 1. The van der Waals surface area contributed by atoms with Crippen LogP contribution in [-0.2, 0) is 0 Å². The highest BCUT2D eigenvalue weighted by atomic mass is 16.2. The van der Waals surface area contributed by atoms with Crippen molar-refractivity contribution in [1.82, 2.24) is 9.55 Å². The first-order valence-electron chi connectivity index (χ1n) is 4.88. The quantitative estimate of drug-likeness (QED) is 0.789. The molecular weight excluding hydrogens is 180 g/mol. The summed E-state index contributed by atoms with van der Waals surface area (Å²) in [5, 5.41) is 0. The van der Waals surface area contributed by atoms with Gasteiger partial charge in [0.05, 0.1) is 0 Å². The molecule has 0 aliphatic rings. The number of H-pyrrole nitrogens is 1. The van der Waals surface area contributed by atoms with Crippen molar-refractivity contribution in [2.45, 2.75) is 39.7 Å². The van der Waals surface area contributed by atoms with Gasteiger partial charge in [0.1, 0.15) is 0 Å². The highest BCUT2D eigenvalue weighted by Crippen LogP contribution is 2.08. The molecule has 1 aromatic rings. The molecule has 4 nitrogen and oxygen atoms in total. The van der Waals surface area contributed by atoms with Gasteiger partial charge in [-0.05, 0) is 20.3 Å². The topological polar surface area (TPSA) is 54.9 Å². The third-order valence-electron chi connectivity index (χ3n) is 2.33. The van der Waals surface area contributed by atoms with Crippen LogP contribution in [0.2, 0.25) is 0 Å². The van der Waals surface area contributed by atoms with Crippen LogP contribution in [0, 0.1) is 6.92 Å². The van der Waals surface area contributed by atoms with E-state index in [2.05, 4.69) is 11.9 Å². The molecule has 1 heterocycles. The van der Waals surface area contributed by atoms with Gasteiger partial charge < -0.3 is 0 Å². The monoisotopic (exact) mass is 196 g/mol. The van der Waals surface area contributed by atoms with Crippen molar-refractivity contribution >= 4 is 0 Å². The fraction of sp³-hybridized carbons (Fsp3) is 0.600. The van der Waals surface area contributed by atoms with Crippen molar-refractivity contribution in [3.8, 4) is 0 Å². The van der Waals surface area contributed by atoms with E-state index in [9.17, 15) is 9.59 Å². The standard InChI is InChI=1S/C10H16N2O2/c1-4-5-8(3)12-6-7(2)9(13)11-10(12)14/h6,8H,4-5H2,1-3H3,(H,11,13,14). The number of aromatic nitrogens is 2. The minimum Gasteiger partial charge on any atom is -0.298 e. The molecule has 1 N–H and O–H groups in total. The van der Waals surface area contributed by atoms with E-state index in [1.807, 2.05) is 6.92 Å². The SMILES string of the molecule is CCCC(C)n1cc(C)c(=O)[nH]c1=O. The Hall–Kier alpha value is -1.32. The molecular formula is C10H16N2O2. The van der Waals surface area contributed by atoms with Gasteiger partial charge in [0.2, 0.25) is 0 Å². The molecule has 14 heavy (non-hydrogen) atoms. The summed E-state index contributed by atoms with van der Waals surface area (Å²) in [6.07, 6.45) is 3.58. The summed E-state index contributed by atoms with van der Waals surface area (Å²) in [5.74, 6) is 0. The number of aromatic amines is 1. The highest BCUT2D eigenvalue weighted by Gasteiger charge is 2.06. The van der Waals surface area contributed by atoms with E-state index in [1.165, 1.54) is 0 Å². The van der Waals surface area contributed by atoms with Crippen molar-refractivity contribution in [1.29, 1.82) is 0 Å². The van der Waals surface area contributed by atoms with Gasteiger partial charge in [-0.3, -0.25) is 14.3 Å². The van der Waals surface area contributed by atoms with Crippen molar-refractivity contribution in [2.24, 2.45) is 0 Å². The van der Waals surface area contributed by atoms with Gasteiger partial charge in [0.25, 0.3) is 5.56 Å². The van der Waals surface area contributed by atoms with Crippen LogP contribution >= 0.6 is 0 Å². The molecule has 1 aromatic heterocycles. The summed E-state index contributed by atoms with van der Waals surface area (Å²) in [6.45, 7) is 5.75. The van der Waals surface area contributed by atoms with Crippen molar-refractivity contribution < 1.29 is 0 Å². The minimum absolute atomic E-state index is 0.142. The number of nitrogens with zero attached hydrogens (tertiary/aromatic N) is 1.